The van der Waals surface area contributed by atoms with Gasteiger partial charge in [-0.2, -0.15) is 0 Å². The third-order valence-corrected chi connectivity index (χ3v) is 4.72. The highest BCUT2D eigenvalue weighted by molar-refractivity contribution is 7.99. The summed E-state index contributed by atoms with van der Waals surface area (Å²) in [5.74, 6) is 1.52. The summed E-state index contributed by atoms with van der Waals surface area (Å²) >= 11 is 1.89. The van der Waals surface area contributed by atoms with Crippen molar-refractivity contribution in [2.24, 2.45) is 0 Å². The Balaban J connectivity index is 1.94. The van der Waals surface area contributed by atoms with Gasteiger partial charge in [0.25, 0.3) is 5.56 Å². The number of benzene rings is 1. The van der Waals surface area contributed by atoms with Crippen LogP contribution in [0, 0.1) is 6.92 Å². The van der Waals surface area contributed by atoms with E-state index >= 15 is 0 Å². The molecule has 1 aromatic carbocycles. The summed E-state index contributed by atoms with van der Waals surface area (Å²) < 4.78 is 1.88. The first-order chi connectivity index (χ1) is 8.75. The maximum atomic E-state index is 11.9. The highest BCUT2D eigenvalue weighted by atomic mass is 32.2. The number of pyridine rings is 1. The van der Waals surface area contributed by atoms with E-state index in [0.717, 1.165) is 18.0 Å². The van der Waals surface area contributed by atoms with Crippen LogP contribution in [0.5, 0.6) is 0 Å². The molecule has 3 heteroatoms. The molecule has 3 rings (SSSR count). The fourth-order valence-corrected chi connectivity index (χ4v) is 3.70. The second kappa shape index (κ2) is 4.65. The molecule has 0 spiro atoms. The van der Waals surface area contributed by atoms with Crippen molar-refractivity contribution in [2.45, 2.75) is 24.3 Å². The third-order valence-electron chi connectivity index (χ3n) is 3.47. The number of thioether (sulfide) groups is 1. The van der Waals surface area contributed by atoms with Crippen molar-refractivity contribution in [3.05, 3.63) is 64.1 Å². The Hall–Kier alpha value is -1.48. The Morgan fingerprint density at radius 1 is 1.22 bits per heavy atom. The molecule has 1 aliphatic rings. The van der Waals surface area contributed by atoms with Crippen molar-refractivity contribution in [3.8, 4) is 0 Å². The summed E-state index contributed by atoms with van der Waals surface area (Å²) in [6.45, 7) is 2.78. The van der Waals surface area contributed by atoms with Gasteiger partial charge in [-0.1, -0.05) is 24.3 Å². The molecule has 92 valence electrons. The maximum Gasteiger partial charge on any atom is 0.250 e. The Bertz CT molecular complexity index is 632. The van der Waals surface area contributed by atoms with E-state index in [1.807, 2.05) is 35.4 Å². The predicted molar refractivity (Wildman–Crippen MR) is 75.3 cm³/mol. The van der Waals surface area contributed by atoms with E-state index < -0.39 is 0 Å². The molecule has 0 amide bonds. The molecule has 0 fully saturated rings. The molecule has 18 heavy (non-hydrogen) atoms. The molecule has 2 aromatic rings. The maximum absolute atomic E-state index is 11.9. The highest BCUT2D eigenvalue weighted by Gasteiger charge is 2.23. The Morgan fingerprint density at radius 2 is 2.06 bits per heavy atom. The van der Waals surface area contributed by atoms with Gasteiger partial charge in [-0.05, 0) is 24.6 Å². The van der Waals surface area contributed by atoms with Gasteiger partial charge >= 0.3 is 0 Å². The summed E-state index contributed by atoms with van der Waals surface area (Å²) in [5, 5.41) is 0. The first-order valence-corrected chi connectivity index (χ1v) is 7.12. The average Bonchev–Trinajstić information content (AvgIpc) is 2.77. The van der Waals surface area contributed by atoms with Crippen LogP contribution in [0.2, 0.25) is 0 Å². The zero-order valence-corrected chi connectivity index (χ0v) is 11.1. The van der Waals surface area contributed by atoms with Crippen molar-refractivity contribution < 1.29 is 0 Å². The number of hydrogen-bond donors (Lipinski definition) is 0. The summed E-state index contributed by atoms with van der Waals surface area (Å²) in [4.78, 5) is 13.3. The molecule has 0 bridgehead atoms. The largest absolute Gasteiger partial charge is 0.312 e. The Kier molecular flexibility index (Phi) is 3.00. The van der Waals surface area contributed by atoms with E-state index in [-0.39, 0.29) is 5.56 Å². The minimum Gasteiger partial charge on any atom is -0.312 e. The van der Waals surface area contributed by atoms with Gasteiger partial charge in [0.15, 0.2) is 0 Å². The van der Waals surface area contributed by atoms with Crippen LogP contribution in [0.3, 0.4) is 0 Å². The molecule has 0 N–H and O–H groups in total. The van der Waals surface area contributed by atoms with Gasteiger partial charge in [-0.3, -0.25) is 4.79 Å². The van der Waals surface area contributed by atoms with Gasteiger partial charge < -0.3 is 4.57 Å². The highest BCUT2D eigenvalue weighted by Crippen LogP contribution is 2.39. The zero-order valence-electron chi connectivity index (χ0n) is 10.3. The van der Waals surface area contributed by atoms with Gasteiger partial charge in [-0.25, -0.2) is 0 Å². The number of fused-ring (bicyclic) bond motifs is 1. The first kappa shape index (κ1) is 11.6. The molecule has 0 saturated heterocycles. The molecule has 1 unspecified atom stereocenters. The van der Waals surface area contributed by atoms with Crippen LogP contribution in [0.1, 0.15) is 17.2 Å². The second-order valence-electron chi connectivity index (χ2n) is 4.66. The molecule has 1 atom stereocenters. The van der Waals surface area contributed by atoms with E-state index in [0.29, 0.717) is 5.92 Å². The predicted octanol–water partition coefficient (Wildman–Crippen LogP) is 3.05. The van der Waals surface area contributed by atoms with Crippen LogP contribution < -0.4 is 5.56 Å². The number of aryl methyl sites for hydroxylation is 1. The third kappa shape index (κ3) is 1.99. The second-order valence-corrected chi connectivity index (χ2v) is 5.72. The van der Waals surface area contributed by atoms with Crippen LogP contribution in [0.4, 0.5) is 0 Å². The zero-order chi connectivity index (χ0) is 12.5. The Labute approximate surface area is 111 Å². The lowest BCUT2D eigenvalue weighted by Crippen LogP contribution is -2.24. The van der Waals surface area contributed by atoms with Crippen molar-refractivity contribution >= 4 is 11.8 Å². The molecule has 0 saturated carbocycles. The van der Waals surface area contributed by atoms with E-state index in [2.05, 4.69) is 24.3 Å². The number of aromatic nitrogens is 1. The topological polar surface area (TPSA) is 22.0 Å². The smallest absolute Gasteiger partial charge is 0.250 e. The molecule has 2 heterocycles. The minimum atomic E-state index is 0.101. The van der Waals surface area contributed by atoms with Crippen LogP contribution >= 0.6 is 11.8 Å². The fourth-order valence-electron chi connectivity index (χ4n) is 2.46. The van der Waals surface area contributed by atoms with Crippen molar-refractivity contribution in [1.82, 2.24) is 4.57 Å². The monoisotopic (exact) mass is 257 g/mol. The van der Waals surface area contributed by atoms with E-state index in [1.54, 1.807) is 6.07 Å². The SMILES string of the molecule is Cc1cccc(=O)n1CC1CSc2ccccc21. The molecule has 2 nitrogen and oxygen atoms in total. The molecule has 0 aliphatic carbocycles. The van der Waals surface area contributed by atoms with Crippen LogP contribution in [0.25, 0.3) is 0 Å². The van der Waals surface area contributed by atoms with Gasteiger partial charge in [0.05, 0.1) is 0 Å². The normalized spacial score (nSPS) is 17.7. The fraction of sp³-hybridized carbons (Fsp3) is 0.267. The van der Waals surface area contributed by atoms with Crippen molar-refractivity contribution in [1.29, 1.82) is 0 Å². The lowest BCUT2D eigenvalue weighted by molar-refractivity contribution is 0.575. The summed E-state index contributed by atoms with van der Waals surface area (Å²) in [6.07, 6.45) is 0. The summed E-state index contributed by atoms with van der Waals surface area (Å²) in [5.41, 5.74) is 2.53. The number of rotatable bonds is 2. The van der Waals surface area contributed by atoms with E-state index in [1.165, 1.54) is 10.5 Å². The molecule has 0 radical (unpaired) electrons. The molecule has 1 aromatic heterocycles. The standard InChI is InChI=1S/C15H15NOS/c1-11-5-4-8-15(17)16(11)9-12-10-18-14-7-3-2-6-13(12)14/h2-8,12H,9-10H2,1H3. The van der Waals surface area contributed by atoms with Crippen molar-refractivity contribution in [2.75, 3.05) is 5.75 Å². The molecule has 1 aliphatic heterocycles. The lowest BCUT2D eigenvalue weighted by atomic mass is 10.0. The van der Waals surface area contributed by atoms with Crippen LogP contribution in [-0.4, -0.2) is 10.3 Å². The quantitative estimate of drug-likeness (QED) is 0.825. The summed E-state index contributed by atoms with van der Waals surface area (Å²) in [7, 11) is 0. The van der Waals surface area contributed by atoms with Gasteiger partial charge in [-0.15, -0.1) is 11.8 Å². The first-order valence-electron chi connectivity index (χ1n) is 6.14. The average molecular weight is 257 g/mol. The minimum absolute atomic E-state index is 0.101. The summed E-state index contributed by atoms with van der Waals surface area (Å²) in [6, 6.07) is 14.0. The number of nitrogens with zero attached hydrogens (tertiary/aromatic N) is 1. The van der Waals surface area contributed by atoms with E-state index in [4.69, 9.17) is 0 Å². The molecular formula is C15H15NOS. The molecular weight excluding hydrogens is 242 g/mol. The Morgan fingerprint density at radius 3 is 2.89 bits per heavy atom. The van der Waals surface area contributed by atoms with Crippen molar-refractivity contribution in [3.63, 3.8) is 0 Å². The van der Waals surface area contributed by atoms with Gasteiger partial charge in [0.1, 0.15) is 0 Å². The number of hydrogen-bond acceptors (Lipinski definition) is 2. The van der Waals surface area contributed by atoms with Gasteiger partial charge in [0.2, 0.25) is 0 Å². The van der Waals surface area contributed by atoms with Crippen LogP contribution in [-0.2, 0) is 6.54 Å². The van der Waals surface area contributed by atoms with Crippen LogP contribution in [0.15, 0.2) is 52.2 Å². The van der Waals surface area contributed by atoms with Gasteiger partial charge in [0, 0.05) is 34.9 Å². The van der Waals surface area contributed by atoms with E-state index in [9.17, 15) is 4.79 Å². The lowest BCUT2D eigenvalue weighted by Gasteiger charge is -2.15.